The average Bonchev–Trinajstić information content (AvgIpc) is 2.38. The lowest BCUT2D eigenvalue weighted by molar-refractivity contribution is -0.137. The third-order valence-corrected chi connectivity index (χ3v) is 2.82. The number of hydrogen-bond donors (Lipinski definition) is 1. The molecule has 0 saturated carbocycles. The number of nitrogens with one attached hydrogen (secondary N) is 1. The van der Waals surface area contributed by atoms with E-state index in [0.29, 0.717) is 32.1 Å². The predicted octanol–water partition coefficient (Wildman–Crippen LogP) is 3.82. The van der Waals surface area contributed by atoms with Gasteiger partial charge in [-0.05, 0) is 24.6 Å². The van der Waals surface area contributed by atoms with E-state index in [-0.39, 0.29) is 5.02 Å². The van der Waals surface area contributed by atoms with Crippen molar-refractivity contribution in [2.24, 2.45) is 0 Å². The Hall–Kier alpha value is -0.980. The molecule has 1 aromatic rings. The molecule has 1 rings (SSSR count). The average molecular weight is 312 g/mol. The molecular formula is C13H17ClF3NO2. The van der Waals surface area contributed by atoms with Crippen LogP contribution in [-0.4, -0.2) is 33.5 Å². The molecule has 0 fully saturated rings. The Balaban J connectivity index is 2.34. The summed E-state index contributed by atoms with van der Waals surface area (Å²) in [5.74, 6) is 0. The second kappa shape index (κ2) is 8.34. The molecule has 114 valence electrons. The molecule has 0 atom stereocenters. The first-order chi connectivity index (χ1) is 9.45. The van der Waals surface area contributed by atoms with E-state index in [4.69, 9.17) is 21.1 Å². The zero-order chi connectivity index (χ0) is 15.0. The Morgan fingerprint density at radius 2 is 1.95 bits per heavy atom. The summed E-state index contributed by atoms with van der Waals surface area (Å²) in [7, 11) is 1.59. The van der Waals surface area contributed by atoms with Crippen LogP contribution in [0.15, 0.2) is 18.2 Å². The highest BCUT2D eigenvalue weighted by Gasteiger charge is 2.30. The second-order valence-corrected chi connectivity index (χ2v) is 4.49. The van der Waals surface area contributed by atoms with Gasteiger partial charge in [0.05, 0.1) is 29.5 Å². The van der Waals surface area contributed by atoms with Crippen molar-refractivity contribution in [3.63, 3.8) is 0 Å². The highest BCUT2D eigenvalue weighted by Crippen LogP contribution is 2.33. The zero-order valence-electron chi connectivity index (χ0n) is 11.1. The van der Waals surface area contributed by atoms with E-state index in [0.717, 1.165) is 18.6 Å². The van der Waals surface area contributed by atoms with Gasteiger partial charge in [0.1, 0.15) is 0 Å². The van der Waals surface area contributed by atoms with E-state index in [1.165, 1.54) is 6.07 Å². The first-order valence-electron chi connectivity index (χ1n) is 6.12. The highest BCUT2D eigenvalue weighted by atomic mass is 35.5. The van der Waals surface area contributed by atoms with Gasteiger partial charge in [0.25, 0.3) is 0 Å². The first kappa shape index (κ1) is 17.1. The number of anilines is 1. The summed E-state index contributed by atoms with van der Waals surface area (Å²) in [6, 6.07) is 3.25. The van der Waals surface area contributed by atoms with Crippen LogP contribution in [0, 0.1) is 0 Å². The molecule has 0 bridgehead atoms. The lowest BCUT2D eigenvalue weighted by Crippen LogP contribution is -2.09. The number of hydrogen-bond acceptors (Lipinski definition) is 3. The maximum Gasteiger partial charge on any atom is 0.416 e. The molecule has 7 heteroatoms. The van der Waals surface area contributed by atoms with Crippen molar-refractivity contribution < 1.29 is 22.6 Å². The molecule has 3 nitrogen and oxygen atoms in total. The molecule has 0 unspecified atom stereocenters. The summed E-state index contributed by atoms with van der Waals surface area (Å²) in [5.41, 5.74) is -0.271. The van der Waals surface area contributed by atoms with Crippen LogP contribution in [-0.2, 0) is 15.7 Å². The van der Waals surface area contributed by atoms with Crippen LogP contribution in [0.25, 0.3) is 0 Å². The lowest BCUT2D eigenvalue weighted by atomic mass is 10.2. The maximum atomic E-state index is 12.4. The van der Waals surface area contributed by atoms with Crippen LogP contribution < -0.4 is 5.32 Å². The molecule has 0 amide bonds. The first-order valence-corrected chi connectivity index (χ1v) is 6.50. The zero-order valence-corrected chi connectivity index (χ0v) is 11.9. The topological polar surface area (TPSA) is 30.5 Å². The van der Waals surface area contributed by atoms with E-state index >= 15 is 0 Å². The van der Waals surface area contributed by atoms with Crippen molar-refractivity contribution in [2.75, 3.05) is 38.8 Å². The molecule has 1 N–H and O–H groups in total. The maximum absolute atomic E-state index is 12.4. The molecule has 20 heavy (non-hydrogen) atoms. The Labute approximate surface area is 121 Å². The fraction of sp³-hybridized carbons (Fsp3) is 0.538. The monoisotopic (exact) mass is 311 g/mol. The lowest BCUT2D eigenvalue weighted by Gasteiger charge is -2.11. The van der Waals surface area contributed by atoms with Gasteiger partial charge in [-0.1, -0.05) is 11.6 Å². The summed E-state index contributed by atoms with van der Waals surface area (Å²) in [6.07, 6.45) is -3.65. The van der Waals surface area contributed by atoms with Crippen molar-refractivity contribution in [2.45, 2.75) is 12.6 Å². The molecule has 0 spiro atoms. The summed E-state index contributed by atoms with van der Waals surface area (Å²) in [6.45, 7) is 2.18. The normalized spacial score (nSPS) is 11.7. The predicted molar refractivity (Wildman–Crippen MR) is 72.3 cm³/mol. The third kappa shape index (κ3) is 5.98. The van der Waals surface area contributed by atoms with Crippen LogP contribution in [0.2, 0.25) is 5.02 Å². The van der Waals surface area contributed by atoms with Gasteiger partial charge < -0.3 is 14.8 Å². The minimum Gasteiger partial charge on any atom is -0.384 e. The van der Waals surface area contributed by atoms with Crippen LogP contribution in [0.4, 0.5) is 18.9 Å². The minimum atomic E-state index is -4.38. The number of rotatable bonds is 8. The molecule has 0 aromatic heterocycles. The van der Waals surface area contributed by atoms with Crippen LogP contribution in [0.1, 0.15) is 12.0 Å². The molecule has 0 aliphatic carbocycles. The van der Waals surface area contributed by atoms with Gasteiger partial charge in [0, 0.05) is 20.3 Å². The molecule has 0 aliphatic heterocycles. The van der Waals surface area contributed by atoms with Crippen molar-refractivity contribution >= 4 is 17.3 Å². The van der Waals surface area contributed by atoms with E-state index in [1.807, 2.05) is 0 Å². The van der Waals surface area contributed by atoms with Crippen LogP contribution in [0.3, 0.4) is 0 Å². The Morgan fingerprint density at radius 3 is 2.55 bits per heavy atom. The number of ether oxygens (including phenoxy) is 2. The highest BCUT2D eigenvalue weighted by molar-refractivity contribution is 6.33. The summed E-state index contributed by atoms with van der Waals surface area (Å²) in [4.78, 5) is 0. The number of methoxy groups -OCH3 is 1. The van der Waals surface area contributed by atoms with E-state index in [1.54, 1.807) is 7.11 Å². The SMILES string of the molecule is COCCOCCCNc1ccc(C(F)(F)F)cc1Cl. The summed E-state index contributed by atoms with van der Waals surface area (Å²) >= 11 is 5.81. The largest absolute Gasteiger partial charge is 0.416 e. The number of halogens is 4. The van der Waals surface area contributed by atoms with Crippen molar-refractivity contribution in [1.82, 2.24) is 0 Å². The van der Waals surface area contributed by atoms with E-state index in [9.17, 15) is 13.2 Å². The second-order valence-electron chi connectivity index (χ2n) is 4.08. The number of alkyl halides is 3. The van der Waals surface area contributed by atoms with E-state index in [2.05, 4.69) is 5.32 Å². The minimum absolute atomic E-state index is 0.0557. The number of benzene rings is 1. The smallest absolute Gasteiger partial charge is 0.384 e. The van der Waals surface area contributed by atoms with Crippen molar-refractivity contribution in [1.29, 1.82) is 0 Å². The Morgan fingerprint density at radius 1 is 1.20 bits per heavy atom. The quantitative estimate of drug-likeness (QED) is 0.740. The standard InChI is InChI=1S/C13H17ClF3NO2/c1-19-7-8-20-6-2-5-18-12-4-3-10(9-11(12)14)13(15,16)17/h3-4,9,18H,2,5-8H2,1H3. The summed E-state index contributed by atoms with van der Waals surface area (Å²) < 4.78 is 47.4. The molecule has 1 aromatic carbocycles. The summed E-state index contributed by atoms with van der Waals surface area (Å²) in [5, 5.41) is 3.03. The molecule has 0 saturated heterocycles. The van der Waals surface area contributed by atoms with Gasteiger partial charge >= 0.3 is 6.18 Å². The molecule has 0 radical (unpaired) electrons. The van der Waals surface area contributed by atoms with Gasteiger partial charge in [-0.3, -0.25) is 0 Å². The fourth-order valence-corrected chi connectivity index (χ4v) is 1.72. The van der Waals surface area contributed by atoms with Gasteiger partial charge in [-0.25, -0.2) is 0 Å². The Kier molecular flexibility index (Phi) is 7.12. The third-order valence-electron chi connectivity index (χ3n) is 2.51. The van der Waals surface area contributed by atoms with E-state index < -0.39 is 11.7 Å². The molecule has 0 aliphatic rings. The van der Waals surface area contributed by atoms with Crippen LogP contribution in [0.5, 0.6) is 0 Å². The van der Waals surface area contributed by atoms with Crippen molar-refractivity contribution in [3.8, 4) is 0 Å². The molecule has 0 heterocycles. The van der Waals surface area contributed by atoms with Gasteiger partial charge in [0.15, 0.2) is 0 Å². The Bertz CT molecular complexity index is 413. The molecular weight excluding hydrogens is 295 g/mol. The van der Waals surface area contributed by atoms with Gasteiger partial charge in [0.2, 0.25) is 0 Å². The fourth-order valence-electron chi connectivity index (χ4n) is 1.48. The van der Waals surface area contributed by atoms with Crippen LogP contribution >= 0.6 is 11.6 Å². The van der Waals surface area contributed by atoms with Crippen molar-refractivity contribution in [3.05, 3.63) is 28.8 Å². The van der Waals surface area contributed by atoms with Gasteiger partial charge in [-0.2, -0.15) is 13.2 Å². The van der Waals surface area contributed by atoms with Gasteiger partial charge in [-0.15, -0.1) is 0 Å².